The van der Waals surface area contributed by atoms with E-state index in [1.165, 1.54) is 19.3 Å². The van der Waals surface area contributed by atoms with Crippen molar-refractivity contribution in [2.24, 2.45) is 11.8 Å². The topological polar surface area (TPSA) is 49.3 Å². The first kappa shape index (κ1) is 13.5. The van der Waals surface area contributed by atoms with Gasteiger partial charge in [0, 0.05) is 18.5 Å². The summed E-state index contributed by atoms with van der Waals surface area (Å²) in [5, 5.41) is 12.2. The lowest BCUT2D eigenvalue weighted by atomic mass is 9.79. The molecule has 4 unspecified atom stereocenters. The van der Waals surface area contributed by atoms with Gasteiger partial charge in [0.15, 0.2) is 0 Å². The molecular formula is C13H25NO2. The van der Waals surface area contributed by atoms with Crippen LogP contribution in [-0.4, -0.2) is 23.2 Å². The van der Waals surface area contributed by atoms with Gasteiger partial charge in [0.05, 0.1) is 0 Å². The van der Waals surface area contributed by atoms with E-state index in [2.05, 4.69) is 26.1 Å². The van der Waals surface area contributed by atoms with E-state index in [1.54, 1.807) is 0 Å². The van der Waals surface area contributed by atoms with E-state index in [-0.39, 0.29) is 6.42 Å². The summed E-state index contributed by atoms with van der Waals surface area (Å²) in [7, 11) is 0. The highest BCUT2D eigenvalue weighted by molar-refractivity contribution is 5.66. The maximum Gasteiger partial charge on any atom is 0.303 e. The molecule has 3 nitrogen and oxygen atoms in total. The Balaban J connectivity index is 2.27. The molecule has 1 saturated carbocycles. The van der Waals surface area contributed by atoms with Crippen molar-refractivity contribution in [1.29, 1.82) is 0 Å². The van der Waals surface area contributed by atoms with Crippen LogP contribution in [0.3, 0.4) is 0 Å². The molecule has 16 heavy (non-hydrogen) atoms. The van der Waals surface area contributed by atoms with Crippen molar-refractivity contribution in [1.82, 2.24) is 5.32 Å². The summed E-state index contributed by atoms with van der Waals surface area (Å²) in [6.07, 6.45) is 4.83. The fourth-order valence-corrected chi connectivity index (χ4v) is 2.70. The first-order valence-corrected chi connectivity index (χ1v) is 6.47. The molecule has 1 rings (SSSR count). The molecule has 0 bridgehead atoms. The quantitative estimate of drug-likeness (QED) is 0.759. The highest BCUT2D eigenvalue weighted by Crippen LogP contribution is 2.28. The zero-order valence-corrected chi connectivity index (χ0v) is 10.7. The van der Waals surface area contributed by atoms with Gasteiger partial charge >= 0.3 is 5.97 Å². The molecule has 0 heterocycles. The number of rotatable bonds is 5. The van der Waals surface area contributed by atoms with Crippen molar-refractivity contribution < 1.29 is 9.90 Å². The number of carbonyl (C=O) groups is 1. The minimum absolute atomic E-state index is 0.270. The van der Waals surface area contributed by atoms with Gasteiger partial charge in [-0.3, -0.25) is 4.79 Å². The number of aliphatic carboxylic acids is 1. The predicted octanol–water partition coefficient (Wildman–Crippen LogP) is 2.65. The fourth-order valence-electron chi connectivity index (χ4n) is 2.70. The van der Waals surface area contributed by atoms with E-state index in [0.717, 1.165) is 18.3 Å². The molecule has 3 heteroatoms. The van der Waals surface area contributed by atoms with Crippen molar-refractivity contribution >= 4 is 5.97 Å². The van der Waals surface area contributed by atoms with Gasteiger partial charge in [-0.2, -0.15) is 0 Å². The van der Waals surface area contributed by atoms with Crippen LogP contribution in [0.1, 0.15) is 52.9 Å². The summed E-state index contributed by atoms with van der Waals surface area (Å²) in [6.45, 7) is 6.71. The molecule has 0 aliphatic heterocycles. The van der Waals surface area contributed by atoms with Gasteiger partial charge in [-0.25, -0.2) is 0 Å². The van der Waals surface area contributed by atoms with Gasteiger partial charge in [0.1, 0.15) is 0 Å². The molecule has 0 amide bonds. The Morgan fingerprint density at radius 1 is 1.44 bits per heavy atom. The summed E-state index contributed by atoms with van der Waals surface area (Å²) >= 11 is 0. The maximum atomic E-state index is 10.5. The lowest BCUT2D eigenvalue weighted by molar-refractivity contribution is -0.137. The SMILES string of the molecule is CC1CCC(NC(C)CCC(=O)O)C(C)C1. The second-order valence-electron chi connectivity index (χ2n) is 5.50. The lowest BCUT2D eigenvalue weighted by Gasteiger charge is -2.35. The van der Waals surface area contributed by atoms with Crippen LogP contribution in [-0.2, 0) is 4.79 Å². The summed E-state index contributed by atoms with van der Waals surface area (Å²) in [5.74, 6) is 0.873. The van der Waals surface area contributed by atoms with E-state index in [9.17, 15) is 4.79 Å². The minimum Gasteiger partial charge on any atom is -0.481 e. The van der Waals surface area contributed by atoms with Crippen molar-refractivity contribution in [3.8, 4) is 0 Å². The van der Waals surface area contributed by atoms with Gasteiger partial charge in [-0.05, 0) is 44.4 Å². The third kappa shape index (κ3) is 4.52. The smallest absolute Gasteiger partial charge is 0.303 e. The molecule has 1 fully saturated rings. The van der Waals surface area contributed by atoms with Crippen LogP contribution in [0.25, 0.3) is 0 Å². The Labute approximate surface area is 98.6 Å². The van der Waals surface area contributed by atoms with Crippen molar-refractivity contribution in [2.75, 3.05) is 0 Å². The van der Waals surface area contributed by atoms with Crippen molar-refractivity contribution in [3.63, 3.8) is 0 Å². The van der Waals surface area contributed by atoms with E-state index in [1.807, 2.05) is 0 Å². The Kier molecular flexibility index (Phi) is 5.26. The highest BCUT2D eigenvalue weighted by atomic mass is 16.4. The molecule has 94 valence electrons. The second-order valence-corrected chi connectivity index (χ2v) is 5.50. The van der Waals surface area contributed by atoms with Crippen LogP contribution in [0.2, 0.25) is 0 Å². The molecule has 4 atom stereocenters. The largest absolute Gasteiger partial charge is 0.481 e. The van der Waals surface area contributed by atoms with Gasteiger partial charge < -0.3 is 10.4 Å². The molecule has 1 aliphatic rings. The van der Waals surface area contributed by atoms with E-state index in [0.29, 0.717) is 12.1 Å². The lowest BCUT2D eigenvalue weighted by Crippen LogP contribution is -2.43. The Bertz CT molecular complexity index is 230. The van der Waals surface area contributed by atoms with Crippen LogP contribution in [0, 0.1) is 11.8 Å². The van der Waals surface area contributed by atoms with Crippen LogP contribution in [0.5, 0.6) is 0 Å². The number of nitrogens with one attached hydrogen (secondary N) is 1. The molecule has 2 N–H and O–H groups in total. The van der Waals surface area contributed by atoms with Gasteiger partial charge in [-0.15, -0.1) is 0 Å². The molecule has 0 aromatic rings. The normalized spacial score (nSPS) is 32.3. The van der Waals surface area contributed by atoms with Crippen LogP contribution in [0.15, 0.2) is 0 Å². The first-order chi connectivity index (χ1) is 7.49. The predicted molar refractivity (Wildman–Crippen MR) is 65.4 cm³/mol. The molecule has 1 aliphatic carbocycles. The number of hydrogen-bond acceptors (Lipinski definition) is 2. The maximum absolute atomic E-state index is 10.5. The first-order valence-electron chi connectivity index (χ1n) is 6.47. The second kappa shape index (κ2) is 6.24. The fraction of sp³-hybridized carbons (Fsp3) is 0.923. The summed E-state index contributed by atoms with van der Waals surface area (Å²) in [4.78, 5) is 10.5. The minimum atomic E-state index is -0.695. The molecule has 0 aromatic carbocycles. The average molecular weight is 227 g/mol. The number of carboxylic acids is 1. The van der Waals surface area contributed by atoms with Crippen LogP contribution >= 0.6 is 0 Å². The van der Waals surface area contributed by atoms with Crippen LogP contribution < -0.4 is 5.32 Å². The monoisotopic (exact) mass is 227 g/mol. The molecule has 0 aromatic heterocycles. The van der Waals surface area contributed by atoms with Gasteiger partial charge in [-0.1, -0.05) is 13.8 Å². The Morgan fingerprint density at radius 3 is 2.69 bits per heavy atom. The summed E-state index contributed by atoms with van der Waals surface area (Å²) in [6, 6.07) is 0.900. The Morgan fingerprint density at radius 2 is 2.12 bits per heavy atom. The van der Waals surface area contributed by atoms with E-state index in [4.69, 9.17) is 5.11 Å². The highest BCUT2D eigenvalue weighted by Gasteiger charge is 2.25. The van der Waals surface area contributed by atoms with Gasteiger partial charge in [0.2, 0.25) is 0 Å². The van der Waals surface area contributed by atoms with E-state index >= 15 is 0 Å². The summed E-state index contributed by atoms with van der Waals surface area (Å²) in [5.41, 5.74) is 0. The standard InChI is InChI=1S/C13H25NO2/c1-9-4-6-12(10(2)8-9)14-11(3)5-7-13(15)16/h9-12,14H,4-8H2,1-3H3,(H,15,16). The third-order valence-electron chi connectivity index (χ3n) is 3.72. The van der Waals surface area contributed by atoms with Gasteiger partial charge in [0.25, 0.3) is 0 Å². The molecule has 0 spiro atoms. The van der Waals surface area contributed by atoms with Crippen molar-refractivity contribution in [2.45, 2.75) is 65.0 Å². The summed E-state index contributed by atoms with van der Waals surface area (Å²) < 4.78 is 0. The molecular weight excluding hydrogens is 202 g/mol. The number of carboxylic acid groups (broad SMARTS) is 1. The number of hydrogen-bond donors (Lipinski definition) is 2. The van der Waals surface area contributed by atoms with Crippen molar-refractivity contribution in [3.05, 3.63) is 0 Å². The van der Waals surface area contributed by atoms with E-state index < -0.39 is 5.97 Å². The Hall–Kier alpha value is -0.570. The average Bonchev–Trinajstić information content (AvgIpc) is 2.19. The zero-order valence-electron chi connectivity index (χ0n) is 10.7. The van der Waals surface area contributed by atoms with Crippen LogP contribution in [0.4, 0.5) is 0 Å². The molecule has 0 saturated heterocycles. The molecule has 0 radical (unpaired) electrons. The zero-order chi connectivity index (χ0) is 12.1. The third-order valence-corrected chi connectivity index (χ3v) is 3.72.